The van der Waals surface area contributed by atoms with Crippen molar-refractivity contribution in [3.63, 3.8) is 0 Å². The molecule has 0 aliphatic heterocycles. The summed E-state index contributed by atoms with van der Waals surface area (Å²) in [5, 5.41) is 22.9. The predicted octanol–water partition coefficient (Wildman–Crippen LogP) is -0.0208. The highest BCUT2D eigenvalue weighted by Crippen LogP contribution is 2.53. The van der Waals surface area contributed by atoms with Gasteiger partial charge in [0, 0.05) is 0 Å². The Morgan fingerprint density at radius 3 is 1.40 bits per heavy atom. The smallest absolute Gasteiger partial charge is 0.218 e. The van der Waals surface area contributed by atoms with Crippen molar-refractivity contribution >= 4 is 19.3 Å². The van der Waals surface area contributed by atoms with Crippen LogP contribution in [0.2, 0.25) is 0 Å². The zero-order valence-corrected chi connectivity index (χ0v) is 14.2. The molecule has 0 amide bonds. The molecule has 0 heterocycles. The van der Waals surface area contributed by atoms with Gasteiger partial charge in [-0.25, -0.2) is 0 Å². The van der Waals surface area contributed by atoms with Crippen LogP contribution in [-0.4, -0.2) is 28.2 Å². The molecule has 0 bridgehead atoms. The van der Waals surface area contributed by atoms with Gasteiger partial charge in [-0.1, -0.05) is 60.7 Å². The van der Waals surface area contributed by atoms with Crippen LogP contribution >= 0.6 is 7.37 Å². The molecule has 0 aromatic heterocycles. The Morgan fingerprint density at radius 2 is 1.12 bits per heavy atom. The molecule has 2 aromatic carbocycles. The minimum Gasteiger partial charge on any atom is -0.549 e. The third-order valence-corrected chi connectivity index (χ3v) is 6.55. The van der Waals surface area contributed by atoms with Crippen molar-refractivity contribution in [2.24, 2.45) is 0 Å². The maximum absolute atomic E-state index is 12.8. The lowest BCUT2D eigenvalue weighted by Crippen LogP contribution is -2.44. The Labute approximate surface area is 145 Å². The molecule has 1 N–H and O–H groups in total. The van der Waals surface area contributed by atoms with Crippen molar-refractivity contribution in [3.05, 3.63) is 71.8 Å². The Morgan fingerprint density at radius 1 is 0.800 bits per heavy atom. The van der Waals surface area contributed by atoms with Crippen LogP contribution in [0.25, 0.3) is 0 Å². The fraction of sp³-hybridized carbons (Fsp3) is 0.222. The fourth-order valence-electron chi connectivity index (χ4n) is 2.62. The molecule has 0 aliphatic rings. The standard InChI is InChI=1S/C18H19O6P/c19-17(20)15(11-13-7-3-1-4-8-13)25(23,24)16(18(21)22)12-14-9-5-2-6-10-14/h1-10,15-16H,11-12H2,(H,19,20)(H,21,22)(H,23,24)/p-2/t15-,16-/m0/s1. The van der Waals surface area contributed by atoms with Gasteiger partial charge in [-0.05, 0) is 24.0 Å². The van der Waals surface area contributed by atoms with Gasteiger partial charge in [-0.15, -0.1) is 0 Å². The summed E-state index contributed by atoms with van der Waals surface area (Å²) in [6.07, 6.45) is -0.592. The fourth-order valence-corrected chi connectivity index (χ4v) is 4.61. The van der Waals surface area contributed by atoms with Crippen LogP contribution in [0.5, 0.6) is 0 Å². The molecule has 2 atom stereocenters. The number of carbonyl (C=O) groups excluding carboxylic acids is 2. The minimum absolute atomic E-state index is 0.296. The first-order chi connectivity index (χ1) is 11.8. The van der Waals surface area contributed by atoms with Gasteiger partial charge in [0.15, 0.2) is 0 Å². The van der Waals surface area contributed by atoms with E-state index in [0.29, 0.717) is 11.1 Å². The first-order valence-electron chi connectivity index (χ1n) is 7.64. The summed E-state index contributed by atoms with van der Waals surface area (Å²) in [6, 6.07) is 16.5. The van der Waals surface area contributed by atoms with Gasteiger partial charge in [0.2, 0.25) is 7.37 Å². The van der Waals surface area contributed by atoms with Gasteiger partial charge < -0.3 is 24.7 Å². The normalized spacial score (nSPS) is 13.8. The summed E-state index contributed by atoms with van der Waals surface area (Å²) < 4.78 is 12.8. The van der Waals surface area contributed by atoms with E-state index in [9.17, 15) is 29.3 Å². The van der Waals surface area contributed by atoms with Gasteiger partial charge in [0.05, 0.1) is 23.3 Å². The average molecular weight is 360 g/mol. The zero-order valence-electron chi connectivity index (χ0n) is 13.3. The molecular weight excluding hydrogens is 343 g/mol. The Kier molecular flexibility index (Phi) is 6.12. The molecule has 2 aromatic rings. The maximum atomic E-state index is 12.8. The number of hydrogen-bond acceptors (Lipinski definition) is 5. The van der Waals surface area contributed by atoms with E-state index in [1.165, 1.54) is 0 Å². The molecule has 0 saturated carbocycles. The van der Waals surface area contributed by atoms with Crippen LogP contribution in [0.4, 0.5) is 0 Å². The Hall–Kier alpha value is -2.43. The zero-order chi connectivity index (χ0) is 18.4. The summed E-state index contributed by atoms with van der Waals surface area (Å²) in [5.41, 5.74) is -2.66. The van der Waals surface area contributed by atoms with Crippen molar-refractivity contribution in [1.82, 2.24) is 0 Å². The molecule has 0 spiro atoms. The molecule has 0 saturated heterocycles. The molecule has 0 unspecified atom stereocenters. The van der Waals surface area contributed by atoms with Crippen molar-refractivity contribution in [2.45, 2.75) is 24.2 Å². The number of benzene rings is 2. The highest BCUT2D eigenvalue weighted by Gasteiger charge is 2.40. The molecule has 6 nitrogen and oxygen atoms in total. The number of carboxylic acids is 2. The minimum atomic E-state index is -4.68. The number of carboxylic acid groups (broad SMARTS) is 2. The predicted molar refractivity (Wildman–Crippen MR) is 87.7 cm³/mol. The lowest BCUT2D eigenvalue weighted by Gasteiger charge is -2.31. The molecule has 0 aliphatic carbocycles. The Bertz CT molecular complexity index is 711. The van der Waals surface area contributed by atoms with E-state index in [1.807, 2.05) is 0 Å². The van der Waals surface area contributed by atoms with Gasteiger partial charge in [0.1, 0.15) is 0 Å². The lowest BCUT2D eigenvalue weighted by atomic mass is 10.1. The first kappa shape index (κ1) is 18.9. The van der Waals surface area contributed by atoms with Crippen molar-refractivity contribution in [3.8, 4) is 0 Å². The van der Waals surface area contributed by atoms with Crippen LogP contribution < -0.4 is 10.2 Å². The summed E-state index contributed by atoms with van der Waals surface area (Å²) >= 11 is 0. The summed E-state index contributed by atoms with van der Waals surface area (Å²) in [6.45, 7) is 0. The first-order valence-corrected chi connectivity index (χ1v) is 9.44. The second-order valence-corrected chi connectivity index (χ2v) is 8.31. The number of carbonyl (C=O) groups is 2. The van der Waals surface area contributed by atoms with Crippen LogP contribution in [-0.2, 0) is 27.0 Å². The molecule has 132 valence electrons. The van der Waals surface area contributed by atoms with Crippen LogP contribution in [0.1, 0.15) is 11.1 Å². The van der Waals surface area contributed by atoms with Gasteiger partial charge >= 0.3 is 0 Å². The molecule has 25 heavy (non-hydrogen) atoms. The molecule has 2 rings (SSSR count). The molecule has 0 radical (unpaired) electrons. The van der Waals surface area contributed by atoms with Crippen molar-refractivity contribution in [2.75, 3.05) is 0 Å². The van der Waals surface area contributed by atoms with Gasteiger partial charge in [-0.3, -0.25) is 4.57 Å². The largest absolute Gasteiger partial charge is 0.549 e. The summed E-state index contributed by atoms with van der Waals surface area (Å²) in [5.74, 6) is -3.51. The third-order valence-electron chi connectivity index (χ3n) is 3.98. The second-order valence-electron chi connectivity index (χ2n) is 5.72. The molecular formula is C18H17O6P-2. The molecule has 7 heteroatoms. The topological polar surface area (TPSA) is 118 Å². The highest BCUT2D eigenvalue weighted by molar-refractivity contribution is 7.61. The number of hydrogen-bond donors (Lipinski definition) is 1. The lowest BCUT2D eigenvalue weighted by molar-refractivity contribution is -0.305. The van der Waals surface area contributed by atoms with E-state index in [4.69, 9.17) is 0 Å². The third kappa shape index (κ3) is 4.78. The number of aliphatic carboxylic acids is 2. The van der Waals surface area contributed by atoms with E-state index >= 15 is 0 Å². The van der Waals surface area contributed by atoms with E-state index in [0.717, 1.165) is 0 Å². The summed E-state index contributed by atoms with van der Waals surface area (Å²) in [4.78, 5) is 33.4. The highest BCUT2D eigenvalue weighted by atomic mass is 31.2. The van der Waals surface area contributed by atoms with E-state index in [1.54, 1.807) is 60.7 Å². The van der Waals surface area contributed by atoms with E-state index in [-0.39, 0.29) is 12.8 Å². The second kappa shape index (κ2) is 8.10. The Balaban J connectivity index is 2.33. The quantitative estimate of drug-likeness (QED) is 0.661. The number of rotatable bonds is 8. The van der Waals surface area contributed by atoms with Crippen LogP contribution in [0.3, 0.4) is 0 Å². The maximum Gasteiger partial charge on any atom is 0.218 e. The van der Waals surface area contributed by atoms with Crippen molar-refractivity contribution < 1.29 is 29.3 Å². The van der Waals surface area contributed by atoms with Gasteiger partial charge in [0.25, 0.3) is 0 Å². The van der Waals surface area contributed by atoms with E-state index in [2.05, 4.69) is 0 Å². The van der Waals surface area contributed by atoms with Gasteiger partial charge in [-0.2, -0.15) is 0 Å². The van der Waals surface area contributed by atoms with E-state index < -0.39 is 30.6 Å². The van der Waals surface area contributed by atoms with Crippen LogP contribution in [0, 0.1) is 0 Å². The molecule has 0 fully saturated rings. The van der Waals surface area contributed by atoms with Crippen molar-refractivity contribution in [1.29, 1.82) is 0 Å². The monoisotopic (exact) mass is 360 g/mol. The average Bonchev–Trinajstić information content (AvgIpc) is 2.58. The summed E-state index contributed by atoms with van der Waals surface area (Å²) in [7, 11) is -4.68. The van der Waals surface area contributed by atoms with Crippen LogP contribution in [0.15, 0.2) is 60.7 Å². The SMILES string of the molecule is O=C([O-])[C@H](Cc1ccccc1)P(=O)(O)[C@@H](Cc1ccccc1)C(=O)[O-].